The number of nitrogens with zero attached hydrogens (tertiary/aromatic N) is 2. The number of ether oxygens (including phenoxy) is 1. The van der Waals surface area contributed by atoms with Gasteiger partial charge in [-0.1, -0.05) is 41.6 Å². The van der Waals surface area contributed by atoms with E-state index in [-0.39, 0.29) is 5.91 Å². The maximum absolute atomic E-state index is 12.6. The van der Waals surface area contributed by atoms with E-state index in [1.807, 2.05) is 55.5 Å². The number of amides is 1. The van der Waals surface area contributed by atoms with Crippen LogP contribution in [0.1, 0.15) is 15.9 Å². The zero-order chi connectivity index (χ0) is 20.2. The van der Waals surface area contributed by atoms with E-state index in [4.69, 9.17) is 9.26 Å². The molecular formula is C23H19N3O3. The summed E-state index contributed by atoms with van der Waals surface area (Å²) in [6, 6.07) is 22.2. The molecule has 144 valence electrons. The summed E-state index contributed by atoms with van der Waals surface area (Å²) in [5.74, 6) is 1.31. The maximum Gasteiger partial charge on any atom is 0.258 e. The fourth-order valence-electron chi connectivity index (χ4n) is 2.92. The Balaban J connectivity index is 1.52. The van der Waals surface area contributed by atoms with Crippen molar-refractivity contribution in [2.24, 2.45) is 0 Å². The quantitative estimate of drug-likeness (QED) is 0.525. The second-order valence-electron chi connectivity index (χ2n) is 6.52. The summed E-state index contributed by atoms with van der Waals surface area (Å²) in [6.45, 7) is 1.96. The molecule has 0 aliphatic heterocycles. The molecule has 0 atom stereocenters. The molecule has 0 bridgehead atoms. The summed E-state index contributed by atoms with van der Waals surface area (Å²) >= 11 is 0. The SMILES string of the molecule is COc1ccc(C)cc1NC(=O)c1ccc(-c2nc(-c3ccccc3)no2)cc1. The highest BCUT2D eigenvalue weighted by Crippen LogP contribution is 2.26. The fraction of sp³-hybridized carbons (Fsp3) is 0.0870. The predicted octanol–water partition coefficient (Wildman–Crippen LogP) is 4.97. The van der Waals surface area contributed by atoms with Gasteiger partial charge in [-0.2, -0.15) is 4.98 Å². The minimum absolute atomic E-state index is 0.226. The van der Waals surface area contributed by atoms with Crippen molar-refractivity contribution in [3.63, 3.8) is 0 Å². The first-order valence-electron chi connectivity index (χ1n) is 9.09. The third kappa shape index (κ3) is 4.01. The van der Waals surface area contributed by atoms with Crippen molar-refractivity contribution in [3.8, 4) is 28.6 Å². The molecule has 4 aromatic rings. The number of anilines is 1. The number of carbonyl (C=O) groups is 1. The van der Waals surface area contributed by atoms with E-state index in [2.05, 4.69) is 15.5 Å². The van der Waals surface area contributed by atoms with E-state index in [0.29, 0.717) is 28.7 Å². The number of aryl methyl sites for hydroxylation is 1. The molecule has 0 fully saturated rings. The molecule has 1 N–H and O–H groups in total. The van der Waals surface area contributed by atoms with Crippen LogP contribution in [0.3, 0.4) is 0 Å². The summed E-state index contributed by atoms with van der Waals surface area (Å²) in [6.07, 6.45) is 0. The largest absolute Gasteiger partial charge is 0.495 e. The first-order valence-corrected chi connectivity index (χ1v) is 9.09. The highest BCUT2D eigenvalue weighted by atomic mass is 16.5. The van der Waals surface area contributed by atoms with Gasteiger partial charge in [-0.25, -0.2) is 0 Å². The van der Waals surface area contributed by atoms with Gasteiger partial charge < -0.3 is 14.6 Å². The topological polar surface area (TPSA) is 77.2 Å². The zero-order valence-electron chi connectivity index (χ0n) is 16.0. The summed E-state index contributed by atoms with van der Waals surface area (Å²) in [4.78, 5) is 17.0. The van der Waals surface area contributed by atoms with Crippen LogP contribution in [-0.4, -0.2) is 23.2 Å². The number of benzene rings is 3. The molecule has 0 aliphatic carbocycles. The normalized spacial score (nSPS) is 10.6. The van der Waals surface area contributed by atoms with Gasteiger partial charge in [0, 0.05) is 16.7 Å². The Labute approximate surface area is 168 Å². The fourth-order valence-corrected chi connectivity index (χ4v) is 2.92. The molecule has 0 aliphatic rings. The van der Waals surface area contributed by atoms with Crippen LogP contribution in [0.2, 0.25) is 0 Å². The molecule has 1 aromatic heterocycles. The van der Waals surface area contributed by atoms with Crippen molar-refractivity contribution in [3.05, 3.63) is 83.9 Å². The first kappa shape index (κ1) is 18.4. The molecule has 6 heteroatoms. The van der Waals surface area contributed by atoms with E-state index in [1.165, 1.54) is 0 Å². The van der Waals surface area contributed by atoms with E-state index in [9.17, 15) is 4.79 Å². The molecule has 1 heterocycles. The Morgan fingerprint density at radius 1 is 0.966 bits per heavy atom. The molecule has 1 amide bonds. The van der Waals surface area contributed by atoms with Crippen LogP contribution >= 0.6 is 0 Å². The molecule has 29 heavy (non-hydrogen) atoms. The zero-order valence-corrected chi connectivity index (χ0v) is 16.0. The van der Waals surface area contributed by atoms with Crippen molar-refractivity contribution < 1.29 is 14.1 Å². The molecule has 6 nitrogen and oxygen atoms in total. The Morgan fingerprint density at radius 2 is 1.72 bits per heavy atom. The van der Waals surface area contributed by atoms with Crippen LogP contribution in [0.4, 0.5) is 5.69 Å². The van der Waals surface area contributed by atoms with Gasteiger partial charge in [-0.3, -0.25) is 4.79 Å². The summed E-state index contributed by atoms with van der Waals surface area (Å²) in [5, 5.41) is 6.91. The number of nitrogens with one attached hydrogen (secondary N) is 1. The average molecular weight is 385 g/mol. The van der Waals surface area contributed by atoms with E-state index in [0.717, 1.165) is 16.7 Å². The van der Waals surface area contributed by atoms with Crippen LogP contribution in [0.5, 0.6) is 5.75 Å². The second-order valence-corrected chi connectivity index (χ2v) is 6.52. The molecule has 0 spiro atoms. The predicted molar refractivity (Wildman–Crippen MR) is 111 cm³/mol. The lowest BCUT2D eigenvalue weighted by atomic mass is 10.1. The maximum atomic E-state index is 12.6. The highest BCUT2D eigenvalue weighted by Gasteiger charge is 2.13. The number of carbonyl (C=O) groups excluding carboxylic acids is 1. The van der Waals surface area contributed by atoms with Crippen molar-refractivity contribution in [1.82, 2.24) is 10.1 Å². The Kier molecular flexibility index (Phi) is 5.07. The van der Waals surface area contributed by atoms with Gasteiger partial charge in [0.2, 0.25) is 5.82 Å². The van der Waals surface area contributed by atoms with Gasteiger partial charge in [0.1, 0.15) is 5.75 Å². The van der Waals surface area contributed by atoms with Gasteiger partial charge in [-0.05, 0) is 48.9 Å². The highest BCUT2D eigenvalue weighted by molar-refractivity contribution is 6.05. The second kappa shape index (κ2) is 7.98. The monoisotopic (exact) mass is 385 g/mol. The minimum atomic E-state index is -0.226. The smallest absolute Gasteiger partial charge is 0.258 e. The van der Waals surface area contributed by atoms with Crippen molar-refractivity contribution >= 4 is 11.6 Å². The summed E-state index contributed by atoms with van der Waals surface area (Å²) in [5.41, 5.74) is 3.79. The molecular weight excluding hydrogens is 366 g/mol. The Hall–Kier alpha value is -3.93. The molecule has 0 saturated heterocycles. The third-order valence-electron chi connectivity index (χ3n) is 4.46. The molecule has 4 rings (SSSR count). The molecule has 0 radical (unpaired) electrons. The van der Waals surface area contributed by atoms with Gasteiger partial charge in [0.05, 0.1) is 12.8 Å². The number of methoxy groups -OCH3 is 1. The van der Waals surface area contributed by atoms with E-state index < -0.39 is 0 Å². The van der Waals surface area contributed by atoms with Crippen molar-refractivity contribution in [2.75, 3.05) is 12.4 Å². The van der Waals surface area contributed by atoms with Gasteiger partial charge >= 0.3 is 0 Å². The number of rotatable bonds is 5. The average Bonchev–Trinajstić information content (AvgIpc) is 3.25. The molecule has 3 aromatic carbocycles. The van der Waals surface area contributed by atoms with Crippen LogP contribution in [0.15, 0.2) is 77.3 Å². The van der Waals surface area contributed by atoms with Crippen molar-refractivity contribution in [2.45, 2.75) is 6.92 Å². The Bertz CT molecular complexity index is 1140. The lowest BCUT2D eigenvalue weighted by Crippen LogP contribution is -2.12. The van der Waals surface area contributed by atoms with Crippen LogP contribution in [0, 0.1) is 6.92 Å². The molecule has 0 unspecified atom stereocenters. The lowest BCUT2D eigenvalue weighted by Gasteiger charge is -2.11. The Morgan fingerprint density at radius 3 is 2.45 bits per heavy atom. The van der Waals surface area contributed by atoms with Crippen LogP contribution < -0.4 is 10.1 Å². The van der Waals surface area contributed by atoms with E-state index in [1.54, 1.807) is 31.4 Å². The van der Waals surface area contributed by atoms with Gasteiger partial charge in [0.15, 0.2) is 0 Å². The van der Waals surface area contributed by atoms with E-state index >= 15 is 0 Å². The number of hydrogen-bond acceptors (Lipinski definition) is 5. The lowest BCUT2D eigenvalue weighted by molar-refractivity contribution is 0.102. The van der Waals surface area contributed by atoms with Crippen LogP contribution in [0.25, 0.3) is 22.8 Å². The van der Waals surface area contributed by atoms with Crippen LogP contribution in [-0.2, 0) is 0 Å². The number of hydrogen-bond donors (Lipinski definition) is 1. The third-order valence-corrected chi connectivity index (χ3v) is 4.46. The first-order chi connectivity index (χ1) is 14.1. The number of aromatic nitrogens is 2. The minimum Gasteiger partial charge on any atom is -0.495 e. The van der Waals surface area contributed by atoms with Crippen molar-refractivity contribution in [1.29, 1.82) is 0 Å². The van der Waals surface area contributed by atoms with Gasteiger partial charge in [-0.15, -0.1) is 0 Å². The van der Waals surface area contributed by atoms with Gasteiger partial charge in [0.25, 0.3) is 11.8 Å². The standard InChI is InChI=1S/C23H19N3O3/c1-15-8-13-20(28-2)19(14-15)24-22(27)17-9-11-18(12-10-17)23-25-21(26-29-23)16-6-4-3-5-7-16/h3-14H,1-2H3,(H,24,27). The summed E-state index contributed by atoms with van der Waals surface area (Å²) in [7, 11) is 1.57. The molecule has 0 saturated carbocycles. The summed E-state index contributed by atoms with van der Waals surface area (Å²) < 4.78 is 10.7.